The van der Waals surface area contributed by atoms with Crippen molar-refractivity contribution in [2.75, 3.05) is 38.5 Å². The molecular weight excluding hydrogens is 472 g/mol. The predicted octanol–water partition coefficient (Wildman–Crippen LogP) is 4.47. The van der Waals surface area contributed by atoms with Gasteiger partial charge in [-0.2, -0.15) is 4.31 Å². The van der Waals surface area contributed by atoms with Crippen molar-refractivity contribution in [1.29, 1.82) is 0 Å². The van der Waals surface area contributed by atoms with Gasteiger partial charge < -0.3 is 10.2 Å². The number of sulfonamides is 1. The molecule has 0 unspecified atom stereocenters. The van der Waals surface area contributed by atoms with E-state index >= 15 is 0 Å². The molecule has 0 spiro atoms. The molecule has 7 nitrogen and oxygen atoms in total. The lowest BCUT2D eigenvalue weighted by Crippen LogP contribution is -2.47. The molecule has 1 atom stereocenters. The Morgan fingerprint density at radius 1 is 1.00 bits per heavy atom. The van der Waals surface area contributed by atoms with E-state index in [0.717, 1.165) is 48.7 Å². The molecule has 1 saturated carbocycles. The van der Waals surface area contributed by atoms with Crippen LogP contribution in [0.4, 0.5) is 5.82 Å². The number of aromatic nitrogens is 1. The first-order valence-corrected chi connectivity index (χ1v) is 14.3. The number of carbonyl (C=O) groups excluding carboxylic acids is 1. The Hall–Kier alpha value is -2.81. The fourth-order valence-electron chi connectivity index (χ4n) is 5.45. The van der Waals surface area contributed by atoms with Crippen molar-refractivity contribution in [2.24, 2.45) is 5.92 Å². The van der Waals surface area contributed by atoms with Gasteiger partial charge in [-0.3, -0.25) is 4.79 Å². The highest BCUT2D eigenvalue weighted by molar-refractivity contribution is 7.89. The number of carbonyl (C=O) groups is 1. The van der Waals surface area contributed by atoms with Gasteiger partial charge in [0.15, 0.2) is 0 Å². The van der Waals surface area contributed by atoms with E-state index in [9.17, 15) is 13.2 Å². The number of amides is 1. The van der Waals surface area contributed by atoms with Gasteiger partial charge >= 0.3 is 0 Å². The Morgan fingerprint density at radius 3 is 2.42 bits per heavy atom. The van der Waals surface area contributed by atoms with Crippen LogP contribution in [0.3, 0.4) is 0 Å². The number of hydrogen-bond donors (Lipinski definition) is 1. The average molecular weight is 507 g/mol. The number of likely N-dealkylation sites (N-methyl/N-ethyl adjacent to an activating group) is 1. The van der Waals surface area contributed by atoms with Crippen molar-refractivity contribution in [2.45, 2.75) is 42.9 Å². The maximum absolute atomic E-state index is 13.6. The maximum Gasteiger partial charge on any atom is 0.243 e. The fourth-order valence-corrected chi connectivity index (χ4v) is 6.87. The smallest absolute Gasteiger partial charge is 0.243 e. The van der Waals surface area contributed by atoms with Crippen LogP contribution in [-0.2, 0) is 14.8 Å². The van der Waals surface area contributed by atoms with Crippen molar-refractivity contribution in [3.8, 4) is 0 Å². The van der Waals surface area contributed by atoms with E-state index in [2.05, 4.69) is 15.2 Å². The Balaban J connectivity index is 1.39. The quantitative estimate of drug-likeness (QED) is 0.511. The third-order valence-corrected chi connectivity index (χ3v) is 9.57. The molecule has 2 aromatic carbocycles. The number of pyridine rings is 1. The summed E-state index contributed by atoms with van der Waals surface area (Å²) in [4.78, 5) is 20.5. The maximum atomic E-state index is 13.6. The lowest BCUT2D eigenvalue weighted by atomic mass is 9.87. The van der Waals surface area contributed by atoms with E-state index in [1.807, 2.05) is 49.5 Å². The van der Waals surface area contributed by atoms with E-state index in [-0.39, 0.29) is 16.7 Å². The van der Waals surface area contributed by atoms with Gasteiger partial charge in [0, 0.05) is 37.8 Å². The van der Waals surface area contributed by atoms with Crippen LogP contribution in [-0.4, -0.2) is 61.7 Å². The molecule has 2 heterocycles. The SMILES string of the molecule is CN1CCN(S(=O)(=O)c2ccc([C@@H](CC3CCCC3)C(=O)Nc3nccc4ccccc34)cc2)CC1. The molecule has 1 saturated heterocycles. The molecule has 1 aliphatic carbocycles. The Morgan fingerprint density at radius 2 is 1.69 bits per heavy atom. The van der Waals surface area contributed by atoms with E-state index in [1.165, 1.54) is 12.8 Å². The summed E-state index contributed by atoms with van der Waals surface area (Å²) < 4.78 is 27.9. The van der Waals surface area contributed by atoms with Crippen molar-refractivity contribution in [3.05, 3.63) is 66.4 Å². The summed E-state index contributed by atoms with van der Waals surface area (Å²) >= 11 is 0. The molecule has 36 heavy (non-hydrogen) atoms. The van der Waals surface area contributed by atoms with Gasteiger partial charge in [0.2, 0.25) is 15.9 Å². The number of benzene rings is 2. The summed E-state index contributed by atoms with van der Waals surface area (Å²) in [6, 6.07) is 16.8. The highest BCUT2D eigenvalue weighted by atomic mass is 32.2. The first-order chi connectivity index (χ1) is 17.4. The summed E-state index contributed by atoms with van der Waals surface area (Å²) in [5, 5.41) is 5.00. The van der Waals surface area contributed by atoms with Gasteiger partial charge in [0.1, 0.15) is 5.82 Å². The van der Waals surface area contributed by atoms with Crippen LogP contribution < -0.4 is 5.32 Å². The zero-order valence-corrected chi connectivity index (χ0v) is 21.6. The molecule has 8 heteroatoms. The van der Waals surface area contributed by atoms with Crippen LogP contribution in [0, 0.1) is 5.92 Å². The fraction of sp³-hybridized carbons (Fsp3) is 0.429. The summed E-state index contributed by atoms with van der Waals surface area (Å²) in [5.41, 5.74) is 0.844. The third kappa shape index (κ3) is 5.31. The summed E-state index contributed by atoms with van der Waals surface area (Å²) in [5.74, 6) is 0.591. The predicted molar refractivity (Wildman–Crippen MR) is 142 cm³/mol. The van der Waals surface area contributed by atoms with Crippen LogP contribution in [0.15, 0.2) is 65.7 Å². The second-order valence-electron chi connectivity index (χ2n) is 10.1. The summed E-state index contributed by atoms with van der Waals surface area (Å²) in [6.07, 6.45) is 7.12. The molecule has 1 aromatic heterocycles. The van der Waals surface area contributed by atoms with Crippen LogP contribution in [0.1, 0.15) is 43.6 Å². The molecule has 2 aliphatic rings. The van der Waals surface area contributed by atoms with Crippen LogP contribution in [0.25, 0.3) is 10.8 Å². The lowest BCUT2D eigenvalue weighted by molar-refractivity contribution is -0.118. The number of anilines is 1. The van der Waals surface area contributed by atoms with E-state index in [0.29, 0.717) is 24.8 Å². The topological polar surface area (TPSA) is 82.6 Å². The first-order valence-electron chi connectivity index (χ1n) is 12.8. The van der Waals surface area contributed by atoms with Crippen molar-refractivity contribution in [3.63, 3.8) is 0 Å². The standard InChI is InChI=1S/C28H34N4O3S/c1-31-16-18-32(19-17-31)36(34,35)24-12-10-23(11-13-24)26(20-21-6-2-3-7-21)28(33)30-27-25-9-5-4-8-22(25)14-15-29-27/h4-5,8-15,21,26H,2-3,6-7,16-20H2,1H3,(H,29,30,33)/t26-/m1/s1. The molecule has 3 aromatic rings. The van der Waals surface area contributed by atoms with Gasteiger partial charge in [-0.15, -0.1) is 0 Å². The van der Waals surface area contributed by atoms with Gasteiger partial charge in [-0.25, -0.2) is 13.4 Å². The molecule has 0 radical (unpaired) electrons. The monoisotopic (exact) mass is 506 g/mol. The Labute approximate surface area is 213 Å². The van der Waals surface area contributed by atoms with E-state index < -0.39 is 10.0 Å². The summed E-state index contributed by atoms with van der Waals surface area (Å²) in [6.45, 7) is 2.43. The number of nitrogens with zero attached hydrogens (tertiary/aromatic N) is 3. The number of hydrogen-bond acceptors (Lipinski definition) is 5. The van der Waals surface area contributed by atoms with E-state index in [4.69, 9.17) is 0 Å². The zero-order valence-electron chi connectivity index (χ0n) is 20.8. The number of rotatable bonds is 7. The molecular formula is C28H34N4O3S. The molecule has 5 rings (SSSR count). The minimum Gasteiger partial charge on any atom is -0.310 e. The second-order valence-corrected chi connectivity index (χ2v) is 12.0. The molecule has 1 amide bonds. The lowest BCUT2D eigenvalue weighted by Gasteiger charge is -2.31. The third-order valence-electron chi connectivity index (χ3n) is 7.66. The Bertz CT molecular complexity index is 1310. The normalized spacial score (nSPS) is 18.9. The van der Waals surface area contributed by atoms with Crippen molar-refractivity contribution in [1.82, 2.24) is 14.2 Å². The highest BCUT2D eigenvalue weighted by Gasteiger charge is 2.30. The zero-order chi connectivity index (χ0) is 25.1. The van der Waals surface area contributed by atoms with Gasteiger partial charge in [0.05, 0.1) is 10.8 Å². The van der Waals surface area contributed by atoms with E-state index in [1.54, 1.807) is 22.6 Å². The largest absolute Gasteiger partial charge is 0.310 e. The minimum atomic E-state index is -3.55. The second kappa shape index (κ2) is 10.7. The minimum absolute atomic E-state index is 0.0968. The Kier molecular flexibility index (Phi) is 7.37. The molecule has 0 bridgehead atoms. The number of piperazine rings is 1. The molecule has 190 valence electrons. The van der Waals surface area contributed by atoms with Crippen molar-refractivity contribution >= 4 is 32.5 Å². The van der Waals surface area contributed by atoms with Crippen LogP contribution in [0.5, 0.6) is 0 Å². The van der Waals surface area contributed by atoms with Crippen LogP contribution >= 0.6 is 0 Å². The van der Waals surface area contributed by atoms with Gasteiger partial charge in [0.25, 0.3) is 0 Å². The van der Waals surface area contributed by atoms with Crippen molar-refractivity contribution < 1.29 is 13.2 Å². The number of nitrogens with one attached hydrogen (secondary N) is 1. The average Bonchev–Trinajstić information content (AvgIpc) is 3.41. The first kappa shape index (κ1) is 24.9. The molecule has 1 aliphatic heterocycles. The highest BCUT2D eigenvalue weighted by Crippen LogP contribution is 2.35. The molecule has 2 fully saturated rings. The summed E-state index contributed by atoms with van der Waals surface area (Å²) in [7, 11) is -1.55. The van der Waals surface area contributed by atoms with Crippen LogP contribution in [0.2, 0.25) is 0 Å². The van der Waals surface area contributed by atoms with Gasteiger partial charge in [-0.1, -0.05) is 62.1 Å². The van der Waals surface area contributed by atoms with Gasteiger partial charge in [-0.05, 0) is 48.5 Å². The number of fused-ring (bicyclic) bond motifs is 1. The molecule has 1 N–H and O–H groups in total.